The first-order valence-electron chi connectivity index (χ1n) is 10.2. The number of amides is 6. The number of esters is 1. The summed E-state index contributed by atoms with van der Waals surface area (Å²) < 4.78 is 5.30. The van der Waals surface area contributed by atoms with Gasteiger partial charge in [0.2, 0.25) is 6.10 Å². The number of rotatable bonds is 5. The molecule has 1 saturated carbocycles. The molecule has 31 heavy (non-hydrogen) atoms. The van der Waals surface area contributed by atoms with E-state index < -0.39 is 48.0 Å². The quantitative estimate of drug-likeness (QED) is 0.475. The van der Waals surface area contributed by atoms with Crippen molar-refractivity contribution >= 4 is 29.8 Å². The Hall–Kier alpha value is -3.43. The molecule has 0 radical (unpaired) electrons. The van der Waals surface area contributed by atoms with E-state index >= 15 is 0 Å². The van der Waals surface area contributed by atoms with E-state index in [9.17, 15) is 24.0 Å². The van der Waals surface area contributed by atoms with Gasteiger partial charge in [0, 0.05) is 12.6 Å². The van der Waals surface area contributed by atoms with Gasteiger partial charge in [-0.3, -0.25) is 24.6 Å². The van der Waals surface area contributed by atoms with Gasteiger partial charge in [-0.15, -0.1) is 0 Å². The zero-order chi connectivity index (χ0) is 22.6. The number of imide groups is 2. The molecule has 3 rings (SSSR count). The lowest BCUT2D eigenvalue weighted by Crippen LogP contribution is -2.54. The van der Waals surface area contributed by atoms with Gasteiger partial charge in [0.1, 0.15) is 12.1 Å². The lowest BCUT2D eigenvalue weighted by molar-refractivity contribution is -0.158. The minimum absolute atomic E-state index is 0.0471. The third-order valence-corrected chi connectivity index (χ3v) is 5.84. The molecule has 10 heteroatoms. The van der Waals surface area contributed by atoms with Crippen molar-refractivity contribution in [2.75, 3.05) is 13.6 Å². The highest BCUT2D eigenvalue weighted by atomic mass is 16.5. The molecule has 1 aliphatic heterocycles. The number of hydrogen-bond donors (Lipinski definition) is 3. The number of nitrogens with zero attached hydrogens (tertiary/aromatic N) is 1. The molecule has 1 aliphatic carbocycles. The maximum Gasteiger partial charge on any atom is 0.327 e. The number of ether oxygens (including phenoxy) is 1. The summed E-state index contributed by atoms with van der Waals surface area (Å²) in [5.41, 5.74) is -0.655. The minimum atomic E-state index is -1.42. The number of carbonyl (C=O) groups excluding carboxylic acids is 5. The van der Waals surface area contributed by atoms with Gasteiger partial charge in [-0.1, -0.05) is 50.1 Å². The van der Waals surface area contributed by atoms with Crippen molar-refractivity contribution in [1.29, 1.82) is 0 Å². The van der Waals surface area contributed by atoms with Crippen molar-refractivity contribution in [3.63, 3.8) is 0 Å². The first kappa shape index (κ1) is 22.3. The molecule has 3 atom stereocenters. The molecule has 1 aromatic carbocycles. The van der Waals surface area contributed by atoms with Crippen molar-refractivity contribution in [1.82, 2.24) is 20.9 Å². The van der Waals surface area contributed by atoms with Crippen LogP contribution in [0.4, 0.5) is 9.59 Å². The topological polar surface area (TPSA) is 134 Å². The van der Waals surface area contributed by atoms with E-state index in [1.54, 1.807) is 30.3 Å². The minimum Gasteiger partial charge on any atom is -0.446 e. The highest BCUT2D eigenvalue weighted by molar-refractivity contribution is 6.09. The second-order valence-corrected chi connectivity index (χ2v) is 7.79. The highest BCUT2D eigenvalue weighted by Gasteiger charge is 2.55. The van der Waals surface area contributed by atoms with Crippen LogP contribution in [0.1, 0.15) is 44.3 Å². The van der Waals surface area contributed by atoms with E-state index in [2.05, 4.69) is 16.0 Å². The molecule has 1 heterocycles. The Balaban J connectivity index is 1.73. The number of carbonyl (C=O) groups is 5. The Morgan fingerprint density at radius 3 is 2.58 bits per heavy atom. The molecule has 6 amide bonds. The van der Waals surface area contributed by atoms with Gasteiger partial charge >= 0.3 is 18.0 Å². The first-order valence-corrected chi connectivity index (χ1v) is 10.2. The molecule has 2 aliphatic rings. The largest absolute Gasteiger partial charge is 0.446 e. The zero-order valence-corrected chi connectivity index (χ0v) is 17.5. The summed E-state index contributed by atoms with van der Waals surface area (Å²) in [5, 5.41) is 7.08. The fraction of sp³-hybridized carbons (Fsp3) is 0.476. The Labute approximate surface area is 179 Å². The van der Waals surface area contributed by atoms with Crippen molar-refractivity contribution in [3.05, 3.63) is 35.9 Å². The van der Waals surface area contributed by atoms with Crippen molar-refractivity contribution in [3.8, 4) is 0 Å². The molecule has 1 aromatic rings. The van der Waals surface area contributed by atoms with Crippen LogP contribution < -0.4 is 16.0 Å². The molecule has 1 saturated heterocycles. The van der Waals surface area contributed by atoms with Crippen molar-refractivity contribution in [2.45, 2.75) is 44.2 Å². The van der Waals surface area contributed by atoms with E-state index in [0.717, 1.165) is 24.2 Å². The number of urea groups is 2. The van der Waals surface area contributed by atoms with Crippen LogP contribution in [0.15, 0.2) is 30.3 Å². The summed E-state index contributed by atoms with van der Waals surface area (Å²) in [6.07, 6.45) is 1.69. The lowest BCUT2D eigenvalue weighted by atomic mass is 9.73. The number of nitrogens with one attached hydrogen (secondary N) is 3. The van der Waals surface area contributed by atoms with Gasteiger partial charge in [0.05, 0.1) is 0 Å². The van der Waals surface area contributed by atoms with Gasteiger partial charge in [-0.2, -0.15) is 0 Å². The Morgan fingerprint density at radius 1 is 1.23 bits per heavy atom. The Morgan fingerprint density at radius 2 is 1.94 bits per heavy atom. The predicted molar refractivity (Wildman–Crippen MR) is 108 cm³/mol. The molecule has 2 fully saturated rings. The summed E-state index contributed by atoms with van der Waals surface area (Å²) in [6, 6.07) is 6.73. The summed E-state index contributed by atoms with van der Waals surface area (Å²) in [5.74, 6) is -2.29. The fourth-order valence-electron chi connectivity index (χ4n) is 4.08. The lowest BCUT2D eigenvalue weighted by Gasteiger charge is -2.36. The van der Waals surface area contributed by atoms with Crippen LogP contribution >= 0.6 is 0 Å². The molecule has 166 valence electrons. The molecule has 0 aromatic heterocycles. The van der Waals surface area contributed by atoms with E-state index in [0.29, 0.717) is 12.0 Å². The fourth-order valence-corrected chi connectivity index (χ4v) is 4.08. The van der Waals surface area contributed by atoms with E-state index in [-0.39, 0.29) is 5.92 Å². The maximum atomic E-state index is 13.0. The van der Waals surface area contributed by atoms with E-state index in [4.69, 9.17) is 4.74 Å². The standard InChI is InChI=1S/C21H26N4O6/c1-13-8-6-7-11-21(13)18(28)25(20(30)24-21)12-15(26)31-16(14-9-4-3-5-10-14)17(27)23-19(29)22-2/h3-5,9-10,13,16H,6-8,11-12H2,1-2H3,(H,24,30)(H2,22,23,27,29)/t13-,16-,21-/m0/s1. The van der Waals surface area contributed by atoms with Gasteiger partial charge < -0.3 is 15.4 Å². The smallest absolute Gasteiger partial charge is 0.327 e. The van der Waals surface area contributed by atoms with Crippen LogP contribution in [0.2, 0.25) is 0 Å². The number of hydrogen-bond acceptors (Lipinski definition) is 6. The predicted octanol–water partition coefficient (Wildman–Crippen LogP) is 1.23. The molecule has 0 bridgehead atoms. The van der Waals surface area contributed by atoms with Crippen molar-refractivity contribution < 1.29 is 28.7 Å². The molecule has 0 unspecified atom stereocenters. The summed E-state index contributed by atoms with van der Waals surface area (Å²) >= 11 is 0. The Bertz CT molecular complexity index is 889. The first-order chi connectivity index (χ1) is 14.8. The SMILES string of the molecule is CNC(=O)NC(=O)[C@@H](OC(=O)CN1C(=O)N[C@]2(CCCC[C@@H]2C)C1=O)c1ccccc1. The third-order valence-electron chi connectivity index (χ3n) is 5.84. The summed E-state index contributed by atoms with van der Waals surface area (Å²) in [6.45, 7) is 1.28. The second kappa shape index (κ2) is 9.15. The van der Waals surface area contributed by atoms with E-state index in [1.807, 2.05) is 6.92 Å². The van der Waals surface area contributed by atoms with Crippen LogP contribution in [0.25, 0.3) is 0 Å². The average Bonchev–Trinajstić information content (AvgIpc) is 2.99. The normalized spacial score (nSPS) is 23.8. The molecular formula is C21H26N4O6. The van der Waals surface area contributed by atoms with Crippen LogP contribution in [0, 0.1) is 5.92 Å². The van der Waals surface area contributed by atoms with Crippen LogP contribution in [0.5, 0.6) is 0 Å². The summed E-state index contributed by atoms with van der Waals surface area (Å²) in [4.78, 5) is 62.9. The van der Waals surface area contributed by atoms with Gasteiger partial charge in [-0.05, 0) is 18.8 Å². The third kappa shape index (κ3) is 4.52. The second-order valence-electron chi connectivity index (χ2n) is 7.79. The van der Waals surface area contributed by atoms with Crippen LogP contribution in [-0.4, -0.2) is 53.9 Å². The van der Waals surface area contributed by atoms with Crippen LogP contribution in [-0.2, 0) is 19.1 Å². The highest BCUT2D eigenvalue weighted by Crippen LogP contribution is 2.38. The van der Waals surface area contributed by atoms with Gasteiger partial charge in [0.25, 0.3) is 11.8 Å². The monoisotopic (exact) mass is 430 g/mol. The summed E-state index contributed by atoms with van der Waals surface area (Å²) in [7, 11) is 1.34. The molecular weight excluding hydrogens is 404 g/mol. The van der Waals surface area contributed by atoms with Crippen LogP contribution in [0.3, 0.4) is 0 Å². The van der Waals surface area contributed by atoms with Gasteiger partial charge in [0.15, 0.2) is 0 Å². The Kier molecular flexibility index (Phi) is 6.57. The van der Waals surface area contributed by atoms with Crippen molar-refractivity contribution in [2.24, 2.45) is 5.92 Å². The average molecular weight is 430 g/mol. The molecule has 3 N–H and O–H groups in total. The van der Waals surface area contributed by atoms with E-state index in [1.165, 1.54) is 7.05 Å². The molecule has 10 nitrogen and oxygen atoms in total. The maximum absolute atomic E-state index is 13.0. The number of benzene rings is 1. The zero-order valence-electron chi connectivity index (χ0n) is 17.5. The van der Waals surface area contributed by atoms with Gasteiger partial charge in [-0.25, -0.2) is 9.59 Å². The molecule has 1 spiro atoms.